The van der Waals surface area contributed by atoms with Gasteiger partial charge in [0, 0.05) is 17.7 Å². The summed E-state index contributed by atoms with van der Waals surface area (Å²) in [5.41, 5.74) is 1.80. The third-order valence-electron chi connectivity index (χ3n) is 3.86. The molecule has 0 spiro atoms. The van der Waals surface area contributed by atoms with Crippen molar-refractivity contribution in [3.05, 3.63) is 48.4 Å². The summed E-state index contributed by atoms with van der Waals surface area (Å²) in [7, 11) is 0. The van der Waals surface area contributed by atoms with Gasteiger partial charge in [-0.25, -0.2) is 4.98 Å². The Kier molecular flexibility index (Phi) is 4.60. The van der Waals surface area contributed by atoms with Gasteiger partial charge in [-0.1, -0.05) is 12.1 Å². The Bertz CT molecular complexity index is 797. The predicted molar refractivity (Wildman–Crippen MR) is 95.1 cm³/mol. The van der Waals surface area contributed by atoms with Crippen molar-refractivity contribution >= 4 is 22.9 Å². The summed E-state index contributed by atoms with van der Waals surface area (Å²) in [6, 6.07) is 14.1. The van der Waals surface area contributed by atoms with Crippen molar-refractivity contribution in [3.8, 4) is 11.5 Å². The first kappa shape index (κ1) is 15.4. The van der Waals surface area contributed by atoms with Gasteiger partial charge in [0.2, 0.25) is 0 Å². The molecule has 4 rings (SSSR count). The van der Waals surface area contributed by atoms with Gasteiger partial charge in [-0.05, 0) is 42.5 Å². The van der Waals surface area contributed by atoms with E-state index in [2.05, 4.69) is 17.1 Å². The van der Waals surface area contributed by atoms with Crippen LogP contribution in [0.3, 0.4) is 0 Å². The van der Waals surface area contributed by atoms with E-state index >= 15 is 0 Å². The lowest BCUT2D eigenvalue weighted by Gasteiger charge is -2.08. The summed E-state index contributed by atoms with van der Waals surface area (Å²) in [5, 5.41) is 0. The molecule has 0 saturated heterocycles. The molecule has 0 aliphatic carbocycles. The number of benzene rings is 2. The maximum Gasteiger partial charge on any atom is 0.195 e. The molecule has 0 atom stereocenters. The lowest BCUT2D eigenvalue weighted by molar-refractivity contribution is 0.297. The van der Waals surface area contributed by atoms with Crippen molar-refractivity contribution in [2.24, 2.45) is 0 Å². The van der Waals surface area contributed by atoms with Crippen LogP contribution in [0.25, 0.3) is 11.1 Å². The van der Waals surface area contributed by atoms with Crippen LogP contribution in [0, 0.1) is 0 Å². The van der Waals surface area contributed by atoms with Gasteiger partial charge in [-0.2, -0.15) is 0 Å². The predicted octanol–water partition coefficient (Wildman–Crippen LogP) is 4.71. The number of ether oxygens (including phenoxy) is 2. The van der Waals surface area contributed by atoms with Crippen LogP contribution in [0.4, 0.5) is 0 Å². The van der Waals surface area contributed by atoms with Gasteiger partial charge in [-0.15, -0.1) is 11.8 Å². The number of thioether (sulfide) groups is 1. The van der Waals surface area contributed by atoms with Gasteiger partial charge in [0.15, 0.2) is 23.0 Å². The molecule has 0 N–H and O–H groups in total. The average Bonchev–Trinajstić information content (AvgIpc) is 2.88. The molecule has 0 bridgehead atoms. The maximum atomic E-state index is 5.75. The van der Waals surface area contributed by atoms with Crippen LogP contribution in [-0.2, 0) is 6.42 Å². The van der Waals surface area contributed by atoms with Crippen LogP contribution in [0.5, 0.6) is 11.5 Å². The number of rotatable bonds is 5. The minimum Gasteiger partial charge on any atom is -0.490 e. The molecule has 0 fully saturated rings. The molecule has 3 aromatic rings. The average molecular weight is 341 g/mol. The van der Waals surface area contributed by atoms with Crippen molar-refractivity contribution in [1.82, 2.24) is 4.98 Å². The van der Waals surface area contributed by atoms with Gasteiger partial charge in [0.25, 0.3) is 0 Å². The minimum absolute atomic E-state index is 0.721. The van der Waals surface area contributed by atoms with Gasteiger partial charge >= 0.3 is 0 Å². The van der Waals surface area contributed by atoms with Crippen LogP contribution in [-0.4, -0.2) is 24.0 Å². The number of nitrogens with zero attached hydrogens (tertiary/aromatic N) is 1. The first-order valence-corrected chi connectivity index (χ1v) is 9.24. The molecule has 2 heterocycles. The van der Waals surface area contributed by atoms with E-state index in [9.17, 15) is 0 Å². The molecule has 0 unspecified atom stereocenters. The highest BCUT2D eigenvalue weighted by molar-refractivity contribution is 7.99. The van der Waals surface area contributed by atoms with Crippen LogP contribution < -0.4 is 9.47 Å². The molecule has 4 nitrogen and oxygen atoms in total. The summed E-state index contributed by atoms with van der Waals surface area (Å²) < 4.78 is 17.1. The summed E-state index contributed by atoms with van der Waals surface area (Å²) in [4.78, 5) is 5.72. The van der Waals surface area contributed by atoms with E-state index in [1.807, 2.05) is 42.1 Å². The fraction of sp³-hybridized carbons (Fsp3) is 0.316. The smallest absolute Gasteiger partial charge is 0.195 e. The molecule has 0 radical (unpaired) electrons. The second kappa shape index (κ2) is 7.18. The zero-order chi connectivity index (χ0) is 16.2. The monoisotopic (exact) mass is 341 g/mol. The van der Waals surface area contributed by atoms with Crippen molar-refractivity contribution in [2.75, 3.05) is 19.0 Å². The Hall–Kier alpha value is -2.14. The molecular formula is C19H19NO3S. The van der Waals surface area contributed by atoms with Crippen LogP contribution in [0.2, 0.25) is 0 Å². The van der Waals surface area contributed by atoms with Crippen molar-refractivity contribution in [3.63, 3.8) is 0 Å². The van der Waals surface area contributed by atoms with Crippen LogP contribution in [0.15, 0.2) is 51.8 Å². The number of aromatic nitrogens is 1. The van der Waals surface area contributed by atoms with Crippen LogP contribution >= 0.6 is 11.8 Å². The van der Waals surface area contributed by atoms with Gasteiger partial charge in [0.1, 0.15) is 5.52 Å². The number of fused-ring (bicyclic) bond motifs is 2. The van der Waals surface area contributed by atoms with E-state index < -0.39 is 0 Å². The van der Waals surface area contributed by atoms with Gasteiger partial charge in [-0.3, -0.25) is 0 Å². The number of oxazole rings is 1. The number of hydrogen-bond donors (Lipinski definition) is 0. The first-order chi connectivity index (χ1) is 11.9. The number of para-hydroxylation sites is 2. The zero-order valence-corrected chi connectivity index (χ0v) is 14.2. The van der Waals surface area contributed by atoms with E-state index in [0.717, 1.165) is 66.7 Å². The fourth-order valence-electron chi connectivity index (χ4n) is 2.67. The topological polar surface area (TPSA) is 44.5 Å². The van der Waals surface area contributed by atoms with E-state index in [1.165, 1.54) is 4.90 Å². The van der Waals surface area contributed by atoms with Crippen molar-refractivity contribution in [1.29, 1.82) is 0 Å². The molecule has 24 heavy (non-hydrogen) atoms. The lowest BCUT2D eigenvalue weighted by atomic mass is 10.3. The molecule has 1 aromatic heterocycles. The minimum atomic E-state index is 0.721. The third-order valence-corrected chi connectivity index (χ3v) is 4.94. The van der Waals surface area contributed by atoms with Crippen LogP contribution in [0.1, 0.15) is 18.7 Å². The summed E-state index contributed by atoms with van der Waals surface area (Å²) in [6.07, 6.45) is 2.81. The zero-order valence-electron chi connectivity index (χ0n) is 13.4. The second-order valence-electron chi connectivity index (χ2n) is 5.69. The Morgan fingerprint density at radius 1 is 1.00 bits per heavy atom. The Labute approximate surface area is 145 Å². The molecular weight excluding hydrogens is 322 g/mol. The molecule has 5 heteroatoms. The summed E-state index contributed by atoms with van der Waals surface area (Å²) in [5.74, 6) is 3.54. The molecule has 1 aliphatic heterocycles. The van der Waals surface area contributed by atoms with E-state index in [0.29, 0.717) is 0 Å². The van der Waals surface area contributed by atoms with Gasteiger partial charge in [0.05, 0.1) is 13.2 Å². The van der Waals surface area contributed by atoms with E-state index in [-0.39, 0.29) is 0 Å². The summed E-state index contributed by atoms with van der Waals surface area (Å²) >= 11 is 1.82. The van der Waals surface area contributed by atoms with Crippen molar-refractivity contribution in [2.45, 2.75) is 24.2 Å². The van der Waals surface area contributed by atoms with Gasteiger partial charge < -0.3 is 13.9 Å². The molecule has 1 aliphatic rings. The fourth-order valence-corrected chi connectivity index (χ4v) is 3.55. The molecule has 2 aromatic carbocycles. The maximum absolute atomic E-state index is 5.75. The third kappa shape index (κ3) is 3.51. The largest absolute Gasteiger partial charge is 0.490 e. The quantitative estimate of drug-likeness (QED) is 0.496. The summed E-state index contributed by atoms with van der Waals surface area (Å²) in [6.45, 7) is 1.45. The molecule has 124 valence electrons. The van der Waals surface area contributed by atoms with Crippen molar-refractivity contribution < 1.29 is 13.9 Å². The highest BCUT2D eigenvalue weighted by atomic mass is 32.2. The molecule has 0 amide bonds. The highest BCUT2D eigenvalue weighted by Crippen LogP contribution is 2.34. The van der Waals surface area contributed by atoms with E-state index in [4.69, 9.17) is 13.9 Å². The second-order valence-corrected chi connectivity index (χ2v) is 6.85. The SMILES string of the molecule is c1ccc2oc(CCCSc3ccc4c(c3)OCCCO4)nc2c1. The number of aryl methyl sites for hydroxylation is 1. The normalized spacial score (nSPS) is 13.8. The van der Waals surface area contributed by atoms with E-state index in [1.54, 1.807) is 0 Å². The Morgan fingerprint density at radius 2 is 1.88 bits per heavy atom. The lowest BCUT2D eigenvalue weighted by Crippen LogP contribution is -1.97. The Balaban J connectivity index is 1.31. The first-order valence-electron chi connectivity index (χ1n) is 8.25. The highest BCUT2D eigenvalue weighted by Gasteiger charge is 2.11. The molecule has 0 saturated carbocycles. The Morgan fingerprint density at radius 3 is 2.79 bits per heavy atom. The standard InChI is InChI=1S/C19H19NO3S/c1-2-6-16-15(5-1)20-19(23-16)7-3-12-24-14-8-9-17-18(13-14)22-11-4-10-21-17/h1-2,5-6,8-9,13H,3-4,7,10-12H2. The number of hydrogen-bond acceptors (Lipinski definition) is 5.